The lowest BCUT2D eigenvalue weighted by molar-refractivity contribution is 0.102. The topological polar surface area (TPSA) is 59.8 Å². The molecule has 0 aliphatic rings. The van der Waals surface area contributed by atoms with Crippen LogP contribution >= 0.6 is 35.1 Å². The van der Waals surface area contributed by atoms with E-state index in [2.05, 4.69) is 45.1 Å². The Morgan fingerprint density at radius 3 is 2.75 bits per heavy atom. The van der Waals surface area contributed by atoms with Crippen molar-refractivity contribution in [3.63, 3.8) is 0 Å². The van der Waals surface area contributed by atoms with Crippen LogP contribution in [0.2, 0.25) is 0 Å². The minimum absolute atomic E-state index is 0.169. The molecule has 2 aromatic heterocycles. The first-order valence-corrected chi connectivity index (χ1v) is 11.8. The van der Waals surface area contributed by atoms with Gasteiger partial charge in [0.1, 0.15) is 5.03 Å². The standard InChI is InChI=1S/C20H18N4OS3/c1-26-19-17(20(27-2)28-23-19)18(25)21-16-10-11-24(22-16)12-14-8-5-7-13-6-3-4-9-15(13)14/h3-11H,12H2,1-2H3,(H,21,22,25). The molecule has 4 aromatic rings. The average molecular weight is 427 g/mol. The number of hydrogen-bond acceptors (Lipinski definition) is 6. The molecular formula is C20H18N4OS3. The van der Waals surface area contributed by atoms with Crippen molar-refractivity contribution in [3.05, 3.63) is 65.9 Å². The van der Waals surface area contributed by atoms with Crippen molar-refractivity contribution < 1.29 is 4.79 Å². The monoisotopic (exact) mass is 426 g/mol. The van der Waals surface area contributed by atoms with E-state index in [1.165, 1.54) is 51.4 Å². The number of hydrogen-bond donors (Lipinski definition) is 1. The summed E-state index contributed by atoms with van der Waals surface area (Å²) < 4.78 is 7.11. The second-order valence-electron chi connectivity index (χ2n) is 6.05. The van der Waals surface area contributed by atoms with Crippen LogP contribution in [0.25, 0.3) is 10.8 Å². The maximum Gasteiger partial charge on any atom is 0.261 e. The molecular weight excluding hydrogens is 408 g/mol. The average Bonchev–Trinajstić information content (AvgIpc) is 3.34. The molecule has 2 heterocycles. The lowest BCUT2D eigenvalue weighted by Crippen LogP contribution is -2.14. The molecule has 0 aliphatic heterocycles. The summed E-state index contributed by atoms with van der Waals surface area (Å²) in [6.07, 6.45) is 5.76. The molecule has 0 atom stereocenters. The van der Waals surface area contributed by atoms with Gasteiger partial charge in [0.2, 0.25) is 0 Å². The Bertz CT molecular complexity index is 1110. The van der Waals surface area contributed by atoms with Gasteiger partial charge in [0.15, 0.2) is 5.82 Å². The fourth-order valence-corrected chi connectivity index (χ4v) is 5.31. The summed E-state index contributed by atoms with van der Waals surface area (Å²) in [5.74, 6) is 0.369. The highest BCUT2D eigenvalue weighted by molar-refractivity contribution is 8.01. The van der Waals surface area contributed by atoms with Crippen molar-refractivity contribution in [1.29, 1.82) is 0 Å². The van der Waals surface area contributed by atoms with Gasteiger partial charge in [-0.3, -0.25) is 9.48 Å². The fraction of sp³-hybridized carbons (Fsp3) is 0.150. The Balaban J connectivity index is 1.53. The SMILES string of the molecule is CSc1nsc(SC)c1C(=O)Nc1ccn(Cc2cccc3ccccc23)n1. The van der Waals surface area contributed by atoms with Crippen LogP contribution < -0.4 is 5.32 Å². The highest BCUT2D eigenvalue weighted by atomic mass is 32.2. The van der Waals surface area contributed by atoms with E-state index in [1.54, 1.807) is 0 Å². The predicted octanol–water partition coefficient (Wildman–Crippen LogP) is 5.24. The second-order valence-corrected chi connectivity index (χ2v) is 8.69. The van der Waals surface area contributed by atoms with Crippen LogP contribution in [0.1, 0.15) is 15.9 Å². The number of thioether (sulfide) groups is 2. The van der Waals surface area contributed by atoms with Gasteiger partial charge < -0.3 is 5.32 Å². The van der Waals surface area contributed by atoms with E-state index in [0.29, 0.717) is 17.9 Å². The van der Waals surface area contributed by atoms with Crippen molar-refractivity contribution in [2.45, 2.75) is 15.8 Å². The van der Waals surface area contributed by atoms with Crippen molar-refractivity contribution >= 4 is 57.6 Å². The number of nitrogens with zero attached hydrogens (tertiary/aromatic N) is 3. The second kappa shape index (κ2) is 8.38. The Labute approximate surface area is 175 Å². The Kier molecular flexibility index (Phi) is 5.70. The quantitative estimate of drug-likeness (QED) is 0.427. The van der Waals surface area contributed by atoms with Gasteiger partial charge in [-0.25, -0.2) is 0 Å². The number of carbonyl (C=O) groups is 1. The summed E-state index contributed by atoms with van der Waals surface area (Å²) in [7, 11) is 0. The summed E-state index contributed by atoms with van der Waals surface area (Å²) in [5, 5.41) is 10.6. The molecule has 0 unspecified atom stereocenters. The molecule has 0 radical (unpaired) electrons. The largest absolute Gasteiger partial charge is 0.305 e. The number of anilines is 1. The van der Waals surface area contributed by atoms with Crippen molar-refractivity contribution in [2.75, 3.05) is 17.8 Å². The summed E-state index contributed by atoms with van der Waals surface area (Å²) in [6, 6.07) is 16.4. The molecule has 0 fully saturated rings. The molecule has 28 heavy (non-hydrogen) atoms. The van der Waals surface area contributed by atoms with Gasteiger partial charge in [-0.15, -0.1) is 23.5 Å². The molecule has 0 saturated carbocycles. The molecule has 1 N–H and O–H groups in total. The van der Waals surface area contributed by atoms with Crippen LogP contribution in [-0.4, -0.2) is 32.6 Å². The predicted molar refractivity (Wildman–Crippen MR) is 119 cm³/mol. The van der Waals surface area contributed by atoms with Crippen molar-refractivity contribution in [3.8, 4) is 0 Å². The smallest absolute Gasteiger partial charge is 0.261 e. The first kappa shape index (κ1) is 19.0. The normalized spacial score (nSPS) is 11.1. The van der Waals surface area contributed by atoms with E-state index in [1.807, 2.05) is 41.6 Å². The Morgan fingerprint density at radius 2 is 1.93 bits per heavy atom. The molecule has 0 saturated heterocycles. The van der Waals surface area contributed by atoms with Crippen LogP contribution in [0.15, 0.2) is 64.0 Å². The summed E-state index contributed by atoms with van der Waals surface area (Å²) >= 11 is 4.37. The molecule has 0 aliphatic carbocycles. The van der Waals surface area contributed by atoms with Crippen LogP contribution in [0.5, 0.6) is 0 Å². The van der Waals surface area contributed by atoms with Gasteiger partial charge in [0, 0.05) is 12.3 Å². The fourth-order valence-electron chi connectivity index (χ4n) is 3.03. The number of carbonyl (C=O) groups excluding carboxylic acids is 1. The number of fused-ring (bicyclic) bond motifs is 1. The molecule has 4 rings (SSSR count). The summed E-state index contributed by atoms with van der Waals surface area (Å²) in [5.41, 5.74) is 1.82. The van der Waals surface area contributed by atoms with Gasteiger partial charge in [0.25, 0.3) is 5.91 Å². The zero-order chi connectivity index (χ0) is 19.5. The number of nitrogens with one attached hydrogen (secondary N) is 1. The number of aromatic nitrogens is 3. The first-order valence-electron chi connectivity index (χ1n) is 8.58. The number of amides is 1. The van der Waals surface area contributed by atoms with Crippen LogP contribution in [0, 0.1) is 0 Å². The molecule has 8 heteroatoms. The third kappa shape index (κ3) is 3.80. The van der Waals surface area contributed by atoms with E-state index >= 15 is 0 Å². The van der Waals surface area contributed by atoms with E-state index in [9.17, 15) is 4.79 Å². The third-order valence-corrected chi connectivity index (χ3v) is 7.07. The maximum atomic E-state index is 12.8. The Morgan fingerprint density at radius 1 is 1.11 bits per heavy atom. The van der Waals surface area contributed by atoms with Gasteiger partial charge in [-0.1, -0.05) is 42.5 Å². The number of rotatable bonds is 6. The highest BCUT2D eigenvalue weighted by Crippen LogP contribution is 2.33. The van der Waals surface area contributed by atoms with Crippen molar-refractivity contribution in [1.82, 2.24) is 14.2 Å². The van der Waals surface area contributed by atoms with Crippen LogP contribution in [0.3, 0.4) is 0 Å². The molecule has 142 valence electrons. The molecule has 5 nitrogen and oxygen atoms in total. The van der Waals surface area contributed by atoms with E-state index in [4.69, 9.17) is 0 Å². The summed E-state index contributed by atoms with van der Waals surface area (Å²) in [4.78, 5) is 12.8. The van der Waals surface area contributed by atoms with Gasteiger partial charge in [-0.2, -0.15) is 9.47 Å². The van der Waals surface area contributed by atoms with E-state index in [0.717, 1.165) is 9.24 Å². The van der Waals surface area contributed by atoms with Gasteiger partial charge in [-0.05, 0) is 40.4 Å². The van der Waals surface area contributed by atoms with Gasteiger partial charge in [0.05, 0.1) is 16.3 Å². The van der Waals surface area contributed by atoms with Crippen molar-refractivity contribution in [2.24, 2.45) is 0 Å². The molecule has 2 aromatic carbocycles. The third-order valence-electron chi connectivity index (χ3n) is 4.33. The molecule has 1 amide bonds. The van der Waals surface area contributed by atoms with E-state index < -0.39 is 0 Å². The minimum Gasteiger partial charge on any atom is -0.305 e. The summed E-state index contributed by atoms with van der Waals surface area (Å²) in [6.45, 7) is 0.642. The number of benzene rings is 2. The lowest BCUT2D eigenvalue weighted by atomic mass is 10.0. The maximum absolute atomic E-state index is 12.8. The first-order chi connectivity index (χ1) is 13.7. The lowest BCUT2D eigenvalue weighted by Gasteiger charge is -2.07. The Hall–Kier alpha value is -2.29. The molecule has 0 bridgehead atoms. The van der Waals surface area contributed by atoms with Crippen LogP contribution in [0.4, 0.5) is 5.82 Å². The van der Waals surface area contributed by atoms with E-state index in [-0.39, 0.29) is 5.91 Å². The molecule has 0 spiro atoms. The van der Waals surface area contributed by atoms with Gasteiger partial charge >= 0.3 is 0 Å². The minimum atomic E-state index is -0.169. The zero-order valence-corrected chi connectivity index (χ0v) is 17.8. The van der Waals surface area contributed by atoms with Crippen LogP contribution in [-0.2, 0) is 6.54 Å². The zero-order valence-electron chi connectivity index (χ0n) is 15.4. The highest BCUT2D eigenvalue weighted by Gasteiger charge is 2.20.